The number of hydrogen-bond donors (Lipinski definition) is 0. The Morgan fingerprint density at radius 3 is 1.45 bits per heavy atom. The Hall–Kier alpha value is -4.07. The lowest BCUT2D eigenvalue weighted by molar-refractivity contribution is 0.00578. The Morgan fingerprint density at radius 1 is 0.468 bits per heavy atom. The molecule has 0 N–H and O–H groups in total. The third-order valence-electron chi connectivity index (χ3n) is 15.1. The van der Waals surface area contributed by atoms with Gasteiger partial charge in [-0.2, -0.15) is 0 Å². The highest BCUT2D eigenvalue weighted by Gasteiger charge is 2.53. The summed E-state index contributed by atoms with van der Waals surface area (Å²) in [7, 11) is -0.900. The van der Waals surface area contributed by atoms with Crippen molar-refractivity contribution in [2.24, 2.45) is 0 Å². The molecule has 8 heteroatoms. The van der Waals surface area contributed by atoms with Crippen molar-refractivity contribution >= 4 is 74.5 Å². The normalized spacial score (nSPS) is 19.4. The molecule has 2 saturated heterocycles. The molecular formula is C54H68B2N2O4. The van der Waals surface area contributed by atoms with Crippen LogP contribution >= 0.6 is 0 Å². The molecule has 3 aliphatic rings. The number of aromatic nitrogens is 2. The molecule has 6 aromatic rings. The SMILES string of the molecule is CCCCCCC1=CC=C(n2c3ccc(B4OC(C)(C)C(C)(C)O4)cc3c3cc4c5cc(B6OC(C)(C)C(C)(C)O6)ccc5n(-c5ccc(CCCCCC)cc5)c4cc32)CC1. The van der Waals surface area contributed by atoms with Gasteiger partial charge in [-0.3, -0.25) is 0 Å². The number of hydrogen-bond acceptors (Lipinski definition) is 4. The average molecular weight is 831 g/mol. The van der Waals surface area contributed by atoms with Gasteiger partial charge in [0.05, 0.1) is 44.5 Å². The fourth-order valence-electron chi connectivity index (χ4n) is 9.82. The van der Waals surface area contributed by atoms with Gasteiger partial charge < -0.3 is 27.8 Å². The molecule has 4 aromatic carbocycles. The predicted molar refractivity (Wildman–Crippen MR) is 263 cm³/mol. The zero-order valence-corrected chi connectivity index (χ0v) is 39.3. The molecule has 0 radical (unpaired) electrons. The van der Waals surface area contributed by atoms with Crippen LogP contribution in [0, 0.1) is 0 Å². The van der Waals surface area contributed by atoms with E-state index >= 15 is 0 Å². The Kier molecular flexibility index (Phi) is 11.5. The zero-order chi connectivity index (χ0) is 43.6. The van der Waals surface area contributed by atoms with Gasteiger partial charge >= 0.3 is 14.2 Å². The fourth-order valence-corrected chi connectivity index (χ4v) is 9.82. The van der Waals surface area contributed by atoms with E-state index in [-0.39, 0.29) is 0 Å². The summed E-state index contributed by atoms with van der Waals surface area (Å²) in [4.78, 5) is 0. The highest BCUT2D eigenvalue weighted by Crippen LogP contribution is 2.43. The monoisotopic (exact) mass is 831 g/mol. The highest BCUT2D eigenvalue weighted by molar-refractivity contribution is 6.63. The minimum Gasteiger partial charge on any atom is -0.399 e. The molecule has 0 unspecified atom stereocenters. The van der Waals surface area contributed by atoms with Crippen LogP contribution in [0.15, 0.2) is 90.5 Å². The second-order valence-corrected chi connectivity index (χ2v) is 20.6. The van der Waals surface area contributed by atoms with Crippen molar-refractivity contribution in [2.75, 3.05) is 0 Å². The van der Waals surface area contributed by atoms with Crippen molar-refractivity contribution < 1.29 is 18.6 Å². The molecule has 0 bridgehead atoms. The molecule has 1 aliphatic carbocycles. The van der Waals surface area contributed by atoms with E-state index in [0.717, 1.165) is 30.2 Å². The van der Waals surface area contributed by atoms with E-state index in [1.165, 1.54) is 118 Å². The van der Waals surface area contributed by atoms with E-state index in [1.807, 2.05) is 0 Å². The van der Waals surface area contributed by atoms with Gasteiger partial charge in [-0.1, -0.05) is 100 Å². The summed E-state index contributed by atoms with van der Waals surface area (Å²) < 4.78 is 31.5. The number of allylic oxidation sites excluding steroid dienone is 4. The number of nitrogens with zero attached hydrogens (tertiary/aromatic N) is 2. The molecule has 324 valence electrons. The smallest absolute Gasteiger partial charge is 0.399 e. The molecule has 0 amide bonds. The molecule has 6 nitrogen and oxygen atoms in total. The Balaban J connectivity index is 1.24. The summed E-state index contributed by atoms with van der Waals surface area (Å²) in [5.41, 5.74) is 10.6. The van der Waals surface area contributed by atoms with Crippen LogP contribution in [0.2, 0.25) is 0 Å². The lowest BCUT2D eigenvalue weighted by Gasteiger charge is -2.32. The van der Waals surface area contributed by atoms with E-state index in [9.17, 15) is 0 Å². The number of rotatable bonds is 14. The van der Waals surface area contributed by atoms with Gasteiger partial charge in [0, 0.05) is 32.9 Å². The van der Waals surface area contributed by atoms with Crippen molar-refractivity contribution in [3.63, 3.8) is 0 Å². The summed E-state index contributed by atoms with van der Waals surface area (Å²) in [5, 5.41) is 4.83. The predicted octanol–water partition coefficient (Wildman–Crippen LogP) is 13.1. The summed E-state index contributed by atoms with van der Waals surface area (Å²) in [6.07, 6.45) is 19.5. The summed E-state index contributed by atoms with van der Waals surface area (Å²) in [5.74, 6) is 0. The van der Waals surface area contributed by atoms with E-state index in [1.54, 1.807) is 5.57 Å². The lowest BCUT2D eigenvalue weighted by atomic mass is 9.78. The van der Waals surface area contributed by atoms with Crippen LogP contribution in [0.5, 0.6) is 0 Å². The molecule has 4 heterocycles. The first-order chi connectivity index (χ1) is 29.6. The van der Waals surface area contributed by atoms with Crippen molar-refractivity contribution in [1.29, 1.82) is 0 Å². The first-order valence-corrected chi connectivity index (χ1v) is 23.9. The van der Waals surface area contributed by atoms with Crippen LogP contribution in [0.25, 0.3) is 55.0 Å². The molecule has 0 atom stereocenters. The third kappa shape index (κ3) is 7.71. The van der Waals surface area contributed by atoms with Crippen molar-refractivity contribution in [2.45, 2.75) is 169 Å². The van der Waals surface area contributed by atoms with Gasteiger partial charge in [-0.25, -0.2) is 0 Å². The van der Waals surface area contributed by atoms with Crippen LogP contribution in [-0.4, -0.2) is 45.8 Å². The molecule has 62 heavy (non-hydrogen) atoms. The Labute approximate surface area is 371 Å². The van der Waals surface area contributed by atoms with Gasteiger partial charge in [0.2, 0.25) is 0 Å². The third-order valence-corrected chi connectivity index (χ3v) is 15.1. The van der Waals surface area contributed by atoms with E-state index in [0.29, 0.717) is 0 Å². The lowest BCUT2D eigenvalue weighted by Crippen LogP contribution is -2.41. The minimum absolute atomic E-state index is 0.426. The Bertz CT molecular complexity index is 2660. The van der Waals surface area contributed by atoms with Crippen LogP contribution in [0.3, 0.4) is 0 Å². The van der Waals surface area contributed by atoms with Gasteiger partial charge in [-0.15, -0.1) is 0 Å². The van der Waals surface area contributed by atoms with Crippen molar-refractivity contribution in [3.8, 4) is 5.69 Å². The fraction of sp³-hybridized carbons (Fsp3) is 0.481. The first kappa shape index (κ1) is 43.2. The average Bonchev–Trinajstić information content (AvgIpc) is 3.88. The maximum atomic E-state index is 6.63. The van der Waals surface area contributed by atoms with Gasteiger partial charge in [-0.05, 0) is 153 Å². The maximum Gasteiger partial charge on any atom is 0.494 e. The molecule has 2 aromatic heterocycles. The van der Waals surface area contributed by atoms with Crippen molar-refractivity contribution in [3.05, 3.63) is 96.1 Å². The van der Waals surface area contributed by atoms with Crippen LogP contribution in [0.1, 0.15) is 145 Å². The van der Waals surface area contributed by atoms with E-state index in [2.05, 4.69) is 163 Å². The number of benzene rings is 4. The largest absolute Gasteiger partial charge is 0.494 e. The topological polar surface area (TPSA) is 46.8 Å². The molecule has 9 rings (SSSR count). The van der Waals surface area contributed by atoms with Crippen LogP contribution < -0.4 is 10.9 Å². The maximum absolute atomic E-state index is 6.63. The second-order valence-electron chi connectivity index (χ2n) is 20.6. The first-order valence-electron chi connectivity index (χ1n) is 23.9. The van der Waals surface area contributed by atoms with E-state index < -0.39 is 36.6 Å². The van der Waals surface area contributed by atoms with Crippen LogP contribution in [-0.2, 0) is 25.0 Å². The van der Waals surface area contributed by atoms with Gasteiger partial charge in [0.15, 0.2) is 0 Å². The number of fused-ring (bicyclic) bond motifs is 6. The molecule has 0 spiro atoms. The second kappa shape index (κ2) is 16.5. The molecule has 2 fully saturated rings. The van der Waals surface area contributed by atoms with Crippen molar-refractivity contribution in [1.82, 2.24) is 9.13 Å². The molecule has 2 aliphatic heterocycles. The van der Waals surface area contributed by atoms with Crippen LogP contribution in [0.4, 0.5) is 0 Å². The summed E-state index contributed by atoms with van der Waals surface area (Å²) >= 11 is 0. The van der Waals surface area contributed by atoms with Gasteiger partial charge in [0.1, 0.15) is 0 Å². The minimum atomic E-state index is -0.453. The quantitative estimate of drug-likeness (QED) is 0.0810. The summed E-state index contributed by atoms with van der Waals surface area (Å²) in [6.45, 7) is 21.6. The van der Waals surface area contributed by atoms with Gasteiger partial charge in [0.25, 0.3) is 0 Å². The molecular weight excluding hydrogens is 762 g/mol. The Morgan fingerprint density at radius 2 is 0.952 bits per heavy atom. The number of unbranched alkanes of at least 4 members (excludes halogenated alkanes) is 6. The highest BCUT2D eigenvalue weighted by atomic mass is 16.7. The number of aryl methyl sites for hydroxylation is 1. The summed E-state index contributed by atoms with van der Waals surface area (Å²) in [6, 6.07) is 27.9. The van der Waals surface area contributed by atoms with E-state index in [4.69, 9.17) is 18.6 Å². The standard InChI is InChI=1S/C54H68B2N2O4/c1-11-13-15-17-19-37-21-27-41(28-22-37)57-47-31-25-39(55-59-51(3,4)52(5,6)60-55)33-43(47)45-35-46-44-34-40(56-61-53(7,8)54(9,10)62-56)26-32-48(44)58(50(46)36-49(45)57)42-29-23-38(24-30-42)20-18-16-14-12-2/h21-23,25-29,31-36H,11-20,24,30H2,1-10H3. The zero-order valence-electron chi connectivity index (χ0n) is 39.3. The molecule has 0 saturated carbocycles.